The van der Waals surface area contributed by atoms with Gasteiger partial charge in [0, 0.05) is 36.6 Å². The topological polar surface area (TPSA) is 60.2 Å². The lowest BCUT2D eigenvalue weighted by Gasteiger charge is -2.31. The summed E-state index contributed by atoms with van der Waals surface area (Å²) in [6.07, 6.45) is 6.11. The van der Waals surface area contributed by atoms with E-state index < -0.39 is 5.92 Å². The molecule has 3 aromatic carbocycles. The number of thiazole rings is 1. The highest BCUT2D eigenvalue weighted by molar-refractivity contribution is 7.22. The number of aromatic nitrogens is 3. The van der Waals surface area contributed by atoms with Gasteiger partial charge in [0.15, 0.2) is 5.13 Å². The van der Waals surface area contributed by atoms with E-state index in [1.807, 2.05) is 59.3 Å². The molecular formula is C27H21FN4O2S. The minimum Gasteiger partial charge on any atom is -0.457 e. The van der Waals surface area contributed by atoms with Gasteiger partial charge in [-0.25, -0.2) is 14.4 Å². The van der Waals surface area contributed by atoms with Crippen LogP contribution in [0.25, 0.3) is 10.2 Å². The quantitative estimate of drug-likeness (QED) is 0.297. The lowest BCUT2D eigenvalue weighted by Crippen LogP contribution is -2.37. The predicted octanol–water partition coefficient (Wildman–Crippen LogP) is 5.99. The Balaban J connectivity index is 1.41. The predicted molar refractivity (Wildman–Crippen MR) is 134 cm³/mol. The zero-order valence-electron chi connectivity index (χ0n) is 18.7. The van der Waals surface area contributed by atoms with Crippen molar-refractivity contribution in [2.24, 2.45) is 0 Å². The lowest BCUT2D eigenvalue weighted by molar-refractivity contribution is -0.119. The van der Waals surface area contributed by atoms with E-state index in [0.717, 1.165) is 11.1 Å². The van der Waals surface area contributed by atoms with Crippen LogP contribution in [0.15, 0.2) is 85.5 Å². The van der Waals surface area contributed by atoms with E-state index in [0.29, 0.717) is 46.4 Å². The first-order valence-corrected chi connectivity index (χ1v) is 12.2. The number of anilines is 1. The molecule has 0 atom stereocenters. The van der Waals surface area contributed by atoms with E-state index in [1.165, 1.54) is 23.5 Å². The first kappa shape index (κ1) is 21.5. The maximum atomic E-state index is 14.3. The Morgan fingerprint density at radius 3 is 2.51 bits per heavy atom. The first-order valence-electron chi connectivity index (χ1n) is 11.4. The van der Waals surface area contributed by atoms with Gasteiger partial charge in [0.25, 0.3) is 0 Å². The molecule has 0 spiro atoms. The molecule has 174 valence electrons. The van der Waals surface area contributed by atoms with E-state index >= 15 is 0 Å². The second kappa shape index (κ2) is 8.96. The molecule has 6 rings (SSSR count). The van der Waals surface area contributed by atoms with Crippen LogP contribution in [0.2, 0.25) is 0 Å². The van der Waals surface area contributed by atoms with Gasteiger partial charge < -0.3 is 9.30 Å². The third kappa shape index (κ3) is 4.06. The molecule has 0 unspecified atom stereocenters. The van der Waals surface area contributed by atoms with Crippen LogP contribution in [0, 0.1) is 5.82 Å². The summed E-state index contributed by atoms with van der Waals surface area (Å²) >= 11 is 1.33. The first-order chi connectivity index (χ1) is 17.2. The number of ether oxygens (including phenoxy) is 1. The molecular weight excluding hydrogens is 463 g/mol. The Labute approximate surface area is 205 Å². The second-order valence-corrected chi connectivity index (χ2v) is 9.37. The number of halogens is 1. The van der Waals surface area contributed by atoms with Crippen LogP contribution in [0.4, 0.5) is 9.52 Å². The zero-order valence-corrected chi connectivity index (χ0v) is 19.5. The molecule has 1 aliphatic heterocycles. The Hall–Kier alpha value is -4.04. The van der Waals surface area contributed by atoms with Crippen molar-refractivity contribution in [3.63, 3.8) is 0 Å². The summed E-state index contributed by atoms with van der Waals surface area (Å²) in [4.78, 5) is 24.8. The number of amides is 1. The highest BCUT2D eigenvalue weighted by Gasteiger charge is 2.36. The molecule has 8 heteroatoms. The van der Waals surface area contributed by atoms with Crippen LogP contribution in [0.3, 0.4) is 0 Å². The van der Waals surface area contributed by atoms with Crippen molar-refractivity contribution >= 4 is 32.6 Å². The largest absolute Gasteiger partial charge is 0.457 e. The van der Waals surface area contributed by atoms with Gasteiger partial charge in [0.05, 0.1) is 22.5 Å². The second-order valence-electron chi connectivity index (χ2n) is 8.36. The monoisotopic (exact) mass is 484 g/mol. The Morgan fingerprint density at radius 2 is 1.80 bits per heavy atom. The molecule has 0 aliphatic carbocycles. The summed E-state index contributed by atoms with van der Waals surface area (Å²) in [5.74, 6) is 0.410. The molecule has 2 aromatic heterocycles. The van der Waals surface area contributed by atoms with Crippen LogP contribution in [-0.4, -0.2) is 27.0 Å². The van der Waals surface area contributed by atoms with Crippen molar-refractivity contribution in [3.8, 4) is 11.5 Å². The molecule has 35 heavy (non-hydrogen) atoms. The summed E-state index contributed by atoms with van der Waals surface area (Å²) in [6, 6.07) is 19.8. The van der Waals surface area contributed by atoms with Crippen LogP contribution >= 0.6 is 11.3 Å². The number of benzene rings is 3. The number of rotatable bonds is 6. The van der Waals surface area contributed by atoms with E-state index in [9.17, 15) is 9.18 Å². The number of carbonyl (C=O) groups excluding carboxylic acids is 1. The smallest absolute Gasteiger partial charge is 0.241 e. The minimum atomic E-state index is -0.534. The number of imidazole rings is 1. The van der Waals surface area contributed by atoms with E-state index in [4.69, 9.17) is 9.72 Å². The standard InChI is InChI=1S/C27H21FN4O2S/c28-18-10-11-21-24(16-18)35-27(30-21)32(14-5-13-31-15-12-29-17-31)26(33)25-19-6-1-3-8-22(19)34-23-9-4-2-7-20(23)25/h1-4,6-12,15-17,25H,5,13-14H2. The summed E-state index contributed by atoms with van der Waals surface area (Å²) in [7, 11) is 0. The van der Waals surface area contributed by atoms with Gasteiger partial charge in [0.2, 0.25) is 5.91 Å². The third-order valence-electron chi connectivity index (χ3n) is 6.12. The molecule has 1 aliphatic rings. The zero-order chi connectivity index (χ0) is 23.8. The van der Waals surface area contributed by atoms with Gasteiger partial charge in [-0.3, -0.25) is 9.69 Å². The molecule has 6 nitrogen and oxygen atoms in total. The number of fused-ring (bicyclic) bond motifs is 3. The van der Waals surface area contributed by atoms with E-state index in [2.05, 4.69) is 4.98 Å². The molecule has 0 N–H and O–H groups in total. The van der Waals surface area contributed by atoms with Gasteiger partial charge >= 0.3 is 0 Å². The summed E-state index contributed by atoms with van der Waals surface area (Å²) in [6.45, 7) is 1.17. The van der Waals surface area contributed by atoms with E-state index in [-0.39, 0.29) is 11.7 Å². The highest BCUT2D eigenvalue weighted by Crippen LogP contribution is 2.45. The number of aryl methyl sites for hydroxylation is 1. The fraction of sp³-hybridized carbons (Fsp3) is 0.148. The van der Waals surface area contributed by atoms with Crippen molar-refractivity contribution in [3.05, 3.63) is 102 Å². The van der Waals surface area contributed by atoms with Crippen LogP contribution in [-0.2, 0) is 11.3 Å². The number of para-hydroxylation sites is 2. The molecule has 0 bridgehead atoms. The Bertz CT molecular complexity index is 1470. The van der Waals surface area contributed by atoms with Crippen LogP contribution in [0.1, 0.15) is 23.5 Å². The van der Waals surface area contributed by atoms with Gasteiger partial charge in [-0.2, -0.15) is 0 Å². The van der Waals surface area contributed by atoms with Crippen LogP contribution < -0.4 is 9.64 Å². The Morgan fingerprint density at radius 1 is 1.06 bits per heavy atom. The van der Waals surface area contributed by atoms with Gasteiger partial charge in [-0.15, -0.1) is 0 Å². The van der Waals surface area contributed by atoms with Crippen LogP contribution in [0.5, 0.6) is 11.5 Å². The Kier molecular flexibility index (Phi) is 5.50. The minimum absolute atomic E-state index is 0.0849. The van der Waals surface area contributed by atoms with Gasteiger partial charge in [-0.1, -0.05) is 47.7 Å². The van der Waals surface area contributed by atoms with Crippen molar-refractivity contribution in [1.82, 2.24) is 14.5 Å². The fourth-order valence-electron chi connectivity index (χ4n) is 4.46. The molecule has 5 aromatic rings. The SMILES string of the molecule is O=C(C1c2ccccc2Oc2ccccc21)N(CCCn1ccnc1)c1nc2ccc(F)cc2s1. The average molecular weight is 485 g/mol. The highest BCUT2D eigenvalue weighted by atomic mass is 32.1. The fourth-order valence-corrected chi connectivity index (χ4v) is 5.49. The molecule has 3 heterocycles. The van der Waals surface area contributed by atoms with E-state index in [1.54, 1.807) is 23.5 Å². The van der Waals surface area contributed by atoms with Gasteiger partial charge in [-0.05, 0) is 36.8 Å². The molecule has 0 saturated heterocycles. The average Bonchev–Trinajstić information content (AvgIpc) is 3.54. The summed E-state index contributed by atoms with van der Waals surface area (Å²) in [5.41, 5.74) is 2.32. The summed E-state index contributed by atoms with van der Waals surface area (Å²) in [5, 5.41) is 0.558. The van der Waals surface area contributed by atoms with Crippen molar-refractivity contribution in [1.29, 1.82) is 0 Å². The molecule has 1 amide bonds. The van der Waals surface area contributed by atoms with Gasteiger partial charge in [0.1, 0.15) is 17.3 Å². The van der Waals surface area contributed by atoms with Crippen molar-refractivity contribution in [2.75, 3.05) is 11.4 Å². The molecule has 0 radical (unpaired) electrons. The van der Waals surface area contributed by atoms with Crippen molar-refractivity contribution in [2.45, 2.75) is 18.9 Å². The third-order valence-corrected chi connectivity index (χ3v) is 7.16. The number of nitrogens with zero attached hydrogens (tertiary/aromatic N) is 4. The summed E-state index contributed by atoms with van der Waals surface area (Å²) < 4.78 is 22.7. The number of carbonyl (C=O) groups is 1. The molecule has 0 saturated carbocycles. The van der Waals surface area contributed by atoms with Crippen molar-refractivity contribution < 1.29 is 13.9 Å². The lowest BCUT2D eigenvalue weighted by atomic mass is 9.87. The maximum Gasteiger partial charge on any atom is 0.241 e. The number of hydrogen-bond acceptors (Lipinski definition) is 5. The molecule has 0 fully saturated rings. The normalized spacial score (nSPS) is 12.7. The maximum absolute atomic E-state index is 14.3. The number of hydrogen-bond donors (Lipinski definition) is 0.